The maximum atomic E-state index is 12.0. The quantitative estimate of drug-likeness (QED) is 0.861. The van der Waals surface area contributed by atoms with Gasteiger partial charge in [-0.15, -0.1) is 0 Å². The van der Waals surface area contributed by atoms with Crippen molar-refractivity contribution in [2.45, 2.75) is 20.8 Å². The van der Waals surface area contributed by atoms with Crippen LogP contribution in [-0.4, -0.2) is 18.2 Å². The first-order chi connectivity index (χ1) is 11.0. The first-order valence-corrected chi connectivity index (χ1v) is 8.04. The smallest absolute Gasteiger partial charge is 0.266 e. The number of hydrogen-bond donors (Lipinski definition) is 1. The van der Waals surface area contributed by atoms with Crippen molar-refractivity contribution >= 4 is 15.9 Å². The van der Waals surface area contributed by atoms with Crippen molar-refractivity contribution < 1.29 is 9.47 Å². The Kier molecular flexibility index (Phi) is 5.45. The molecule has 0 unspecified atom stereocenters. The van der Waals surface area contributed by atoms with Gasteiger partial charge in [-0.05, 0) is 60.5 Å². The number of aromatic nitrogens is 1. The Balaban J connectivity index is 2.70. The Morgan fingerprint density at radius 2 is 1.91 bits per heavy atom. The second kappa shape index (κ2) is 7.34. The van der Waals surface area contributed by atoms with Crippen LogP contribution in [-0.2, 0) is 0 Å². The van der Waals surface area contributed by atoms with Gasteiger partial charge in [0.05, 0.1) is 17.7 Å². The molecule has 1 N–H and O–H groups in total. The lowest BCUT2D eigenvalue weighted by Crippen LogP contribution is -2.12. The molecule has 0 bridgehead atoms. The number of benzene rings is 1. The van der Waals surface area contributed by atoms with Crippen molar-refractivity contribution in [2.75, 3.05) is 13.2 Å². The zero-order valence-electron chi connectivity index (χ0n) is 13.2. The topological polar surface area (TPSA) is 75.1 Å². The summed E-state index contributed by atoms with van der Waals surface area (Å²) in [5.41, 5.74) is 1.65. The van der Waals surface area contributed by atoms with E-state index >= 15 is 0 Å². The molecule has 1 heterocycles. The molecule has 1 aromatic carbocycles. The van der Waals surface area contributed by atoms with Crippen LogP contribution < -0.4 is 15.0 Å². The molecule has 0 radical (unpaired) electrons. The number of nitriles is 1. The van der Waals surface area contributed by atoms with Crippen LogP contribution >= 0.6 is 15.9 Å². The fraction of sp³-hybridized carbons (Fsp3) is 0.294. The maximum absolute atomic E-state index is 12.0. The first kappa shape index (κ1) is 17.1. The van der Waals surface area contributed by atoms with Gasteiger partial charge < -0.3 is 14.5 Å². The van der Waals surface area contributed by atoms with Crippen LogP contribution in [0.2, 0.25) is 0 Å². The van der Waals surface area contributed by atoms with E-state index in [0.29, 0.717) is 40.4 Å². The average molecular weight is 377 g/mol. The van der Waals surface area contributed by atoms with Crippen molar-refractivity contribution in [3.05, 3.63) is 44.3 Å². The van der Waals surface area contributed by atoms with E-state index in [-0.39, 0.29) is 5.56 Å². The molecule has 0 saturated heterocycles. The number of rotatable bonds is 5. The number of aromatic amines is 1. The van der Waals surface area contributed by atoms with Crippen molar-refractivity contribution in [2.24, 2.45) is 0 Å². The van der Waals surface area contributed by atoms with Gasteiger partial charge in [-0.2, -0.15) is 5.26 Å². The van der Waals surface area contributed by atoms with E-state index in [1.54, 1.807) is 19.1 Å². The highest BCUT2D eigenvalue weighted by Gasteiger charge is 2.16. The second-order valence-electron chi connectivity index (χ2n) is 4.83. The predicted molar refractivity (Wildman–Crippen MR) is 92.0 cm³/mol. The largest absolute Gasteiger partial charge is 0.490 e. The molecule has 2 rings (SSSR count). The predicted octanol–water partition coefficient (Wildman–Crippen LogP) is 3.78. The number of aryl methyl sites for hydroxylation is 1. The molecule has 0 fully saturated rings. The van der Waals surface area contributed by atoms with E-state index in [2.05, 4.69) is 20.9 Å². The van der Waals surface area contributed by atoms with Gasteiger partial charge in [0.15, 0.2) is 11.5 Å². The number of H-pyrrole nitrogens is 1. The molecule has 0 atom stereocenters. The Labute approximate surface area is 143 Å². The maximum Gasteiger partial charge on any atom is 0.266 e. The minimum atomic E-state index is -0.398. The normalized spacial score (nSPS) is 10.2. The molecule has 23 heavy (non-hydrogen) atoms. The van der Waals surface area contributed by atoms with Crippen molar-refractivity contribution in [3.8, 4) is 28.7 Å². The van der Waals surface area contributed by atoms with E-state index in [1.165, 1.54) is 0 Å². The molecular weight excluding hydrogens is 360 g/mol. The fourth-order valence-corrected chi connectivity index (χ4v) is 2.85. The van der Waals surface area contributed by atoms with Crippen molar-refractivity contribution in [1.29, 1.82) is 5.26 Å². The molecule has 0 amide bonds. The molecule has 0 aliphatic heterocycles. The minimum Gasteiger partial charge on any atom is -0.490 e. The van der Waals surface area contributed by atoms with Crippen molar-refractivity contribution in [1.82, 2.24) is 4.98 Å². The summed E-state index contributed by atoms with van der Waals surface area (Å²) in [6.07, 6.45) is 0. The van der Waals surface area contributed by atoms with Gasteiger partial charge >= 0.3 is 0 Å². The number of halogens is 1. The van der Waals surface area contributed by atoms with Gasteiger partial charge in [0.2, 0.25) is 0 Å². The van der Waals surface area contributed by atoms with Crippen LogP contribution in [0.15, 0.2) is 27.5 Å². The van der Waals surface area contributed by atoms with E-state index in [1.807, 2.05) is 26.0 Å². The molecule has 0 aliphatic rings. The highest BCUT2D eigenvalue weighted by Crippen LogP contribution is 2.40. The summed E-state index contributed by atoms with van der Waals surface area (Å²) in [4.78, 5) is 14.6. The van der Waals surface area contributed by atoms with Crippen LogP contribution in [0.25, 0.3) is 11.1 Å². The standard InChI is InChI=1S/C17H17BrN2O3/c1-4-22-15-8-11(7-14(18)16(15)23-5-2)12-6-10(3)20-17(21)13(12)9-19/h6-8H,4-5H2,1-3H3,(H,20,21). The highest BCUT2D eigenvalue weighted by atomic mass is 79.9. The van der Waals surface area contributed by atoms with E-state index in [9.17, 15) is 10.1 Å². The molecule has 5 nitrogen and oxygen atoms in total. The Bertz CT molecular complexity index is 822. The third-order valence-corrected chi connectivity index (χ3v) is 3.78. The van der Waals surface area contributed by atoms with Crippen LogP contribution in [0.3, 0.4) is 0 Å². The SMILES string of the molecule is CCOc1cc(-c2cc(C)[nH]c(=O)c2C#N)cc(Br)c1OCC. The third-order valence-electron chi connectivity index (χ3n) is 3.19. The lowest BCUT2D eigenvalue weighted by atomic mass is 10.0. The summed E-state index contributed by atoms with van der Waals surface area (Å²) in [6.45, 7) is 6.54. The highest BCUT2D eigenvalue weighted by molar-refractivity contribution is 9.10. The fourth-order valence-electron chi connectivity index (χ4n) is 2.30. The molecule has 0 saturated carbocycles. The van der Waals surface area contributed by atoms with E-state index in [0.717, 1.165) is 5.56 Å². The minimum absolute atomic E-state index is 0.0779. The van der Waals surface area contributed by atoms with Gasteiger partial charge in [-0.25, -0.2) is 0 Å². The third kappa shape index (κ3) is 3.57. The van der Waals surface area contributed by atoms with Crippen LogP contribution in [0.4, 0.5) is 0 Å². The van der Waals surface area contributed by atoms with Gasteiger partial charge in [0.25, 0.3) is 5.56 Å². The first-order valence-electron chi connectivity index (χ1n) is 7.25. The zero-order chi connectivity index (χ0) is 17.0. The van der Waals surface area contributed by atoms with Gasteiger partial charge in [0.1, 0.15) is 11.6 Å². The van der Waals surface area contributed by atoms with Gasteiger partial charge in [0, 0.05) is 11.3 Å². The van der Waals surface area contributed by atoms with Gasteiger partial charge in [-0.1, -0.05) is 0 Å². The number of ether oxygens (including phenoxy) is 2. The molecule has 0 spiro atoms. The Hall–Kier alpha value is -2.26. The molecule has 1 aromatic heterocycles. The average Bonchev–Trinajstić information content (AvgIpc) is 2.50. The summed E-state index contributed by atoms with van der Waals surface area (Å²) in [5, 5.41) is 9.29. The van der Waals surface area contributed by atoms with Gasteiger partial charge in [-0.3, -0.25) is 4.79 Å². The summed E-state index contributed by atoms with van der Waals surface area (Å²) in [6, 6.07) is 7.35. The number of hydrogen-bond acceptors (Lipinski definition) is 4. The summed E-state index contributed by atoms with van der Waals surface area (Å²) in [7, 11) is 0. The molecule has 120 valence electrons. The monoisotopic (exact) mass is 376 g/mol. The number of pyridine rings is 1. The Morgan fingerprint density at radius 3 is 2.52 bits per heavy atom. The summed E-state index contributed by atoms with van der Waals surface area (Å²) < 4.78 is 12.0. The molecule has 6 heteroatoms. The molecular formula is C17H17BrN2O3. The van der Waals surface area contributed by atoms with Crippen molar-refractivity contribution in [3.63, 3.8) is 0 Å². The summed E-state index contributed by atoms with van der Waals surface area (Å²) in [5.74, 6) is 1.18. The Morgan fingerprint density at radius 1 is 1.22 bits per heavy atom. The van der Waals surface area contributed by atoms with Crippen LogP contribution in [0.5, 0.6) is 11.5 Å². The molecule has 0 aliphatic carbocycles. The van der Waals surface area contributed by atoms with Crippen LogP contribution in [0.1, 0.15) is 25.1 Å². The lowest BCUT2D eigenvalue weighted by Gasteiger charge is -2.15. The van der Waals surface area contributed by atoms with E-state index in [4.69, 9.17) is 9.47 Å². The lowest BCUT2D eigenvalue weighted by molar-refractivity contribution is 0.286. The number of nitrogens with one attached hydrogen (secondary N) is 1. The summed E-state index contributed by atoms with van der Waals surface area (Å²) >= 11 is 3.48. The van der Waals surface area contributed by atoms with Crippen LogP contribution in [0, 0.1) is 18.3 Å². The molecule has 2 aromatic rings. The zero-order valence-corrected chi connectivity index (χ0v) is 14.8. The second-order valence-corrected chi connectivity index (χ2v) is 5.69. The number of nitrogens with zero attached hydrogens (tertiary/aromatic N) is 1. The van der Waals surface area contributed by atoms with E-state index < -0.39 is 5.56 Å².